The van der Waals surface area contributed by atoms with Crippen LogP contribution in [0, 0.1) is 0 Å². The van der Waals surface area contributed by atoms with Gasteiger partial charge >= 0.3 is 0 Å². The van der Waals surface area contributed by atoms with Crippen LogP contribution in [-0.4, -0.2) is 23.3 Å². The van der Waals surface area contributed by atoms with Gasteiger partial charge in [-0.1, -0.05) is 18.2 Å². The Morgan fingerprint density at radius 1 is 1.14 bits per heavy atom. The van der Waals surface area contributed by atoms with E-state index in [1.165, 1.54) is 5.39 Å². The second-order valence-corrected chi connectivity index (χ2v) is 3.68. The van der Waals surface area contributed by atoms with Crippen molar-refractivity contribution in [2.24, 2.45) is 0 Å². The number of hydrogen-bond acceptors (Lipinski definition) is 3. The van der Waals surface area contributed by atoms with Gasteiger partial charge in [-0.05, 0) is 12.1 Å². The maximum atomic E-state index is 4.24. The molecule has 1 aromatic heterocycles. The van der Waals surface area contributed by atoms with Crippen molar-refractivity contribution >= 4 is 10.9 Å². The van der Waals surface area contributed by atoms with Crippen LogP contribution < -0.4 is 5.32 Å². The summed E-state index contributed by atoms with van der Waals surface area (Å²) in [6.45, 7) is 2.07. The van der Waals surface area contributed by atoms with Gasteiger partial charge in [0, 0.05) is 24.4 Å². The van der Waals surface area contributed by atoms with Gasteiger partial charge in [-0.2, -0.15) is 10.2 Å². The fraction of sp³-hybridized carbons (Fsp3) is 0.273. The molecule has 0 unspecified atom stereocenters. The molecule has 0 bridgehead atoms. The quantitative estimate of drug-likeness (QED) is 0.728. The third-order valence-corrected chi connectivity index (χ3v) is 2.71. The highest BCUT2D eigenvalue weighted by Gasteiger charge is 2.20. The average Bonchev–Trinajstić information content (AvgIpc) is 2.15. The van der Waals surface area contributed by atoms with Gasteiger partial charge in [-0.15, -0.1) is 0 Å². The van der Waals surface area contributed by atoms with Crippen molar-refractivity contribution in [2.45, 2.75) is 5.92 Å². The minimum atomic E-state index is 0.562. The molecule has 2 aromatic rings. The van der Waals surface area contributed by atoms with Crippen molar-refractivity contribution < 1.29 is 0 Å². The van der Waals surface area contributed by atoms with Crippen LogP contribution in [0.3, 0.4) is 0 Å². The lowest BCUT2D eigenvalue weighted by Gasteiger charge is -2.25. The summed E-state index contributed by atoms with van der Waals surface area (Å²) in [5.41, 5.74) is 2.09. The number of nitrogens with zero attached hydrogens (tertiary/aromatic N) is 2. The standard InChI is InChI=1S/C11H11N3/c1-2-4-10-8(3-1)5-11(14-13-10)9-6-12-7-9/h1-5,9,12H,6-7H2. The summed E-state index contributed by atoms with van der Waals surface area (Å²) < 4.78 is 0. The Bertz CT molecular complexity index is 463. The lowest BCUT2D eigenvalue weighted by atomic mass is 9.98. The molecule has 14 heavy (non-hydrogen) atoms. The van der Waals surface area contributed by atoms with E-state index in [2.05, 4.69) is 27.6 Å². The molecule has 70 valence electrons. The van der Waals surface area contributed by atoms with Crippen molar-refractivity contribution in [1.29, 1.82) is 0 Å². The summed E-state index contributed by atoms with van der Waals surface area (Å²) in [5.74, 6) is 0.562. The monoisotopic (exact) mass is 185 g/mol. The van der Waals surface area contributed by atoms with E-state index in [9.17, 15) is 0 Å². The molecule has 1 aromatic carbocycles. The zero-order valence-electron chi connectivity index (χ0n) is 7.77. The second kappa shape index (κ2) is 3.03. The topological polar surface area (TPSA) is 37.8 Å². The first-order chi connectivity index (χ1) is 6.93. The summed E-state index contributed by atoms with van der Waals surface area (Å²) >= 11 is 0. The normalized spacial score (nSPS) is 16.9. The highest BCUT2D eigenvalue weighted by Crippen LogP contribution is 2.20. The van der Waals surface area contributed by atoms with Crippen LogP contribution in [0.4, 0.5) is 0 Å². The van der Waals surface area contributed by atoms with Gasteiger partial charge in [0.2, 0.25) is 0 Å². The maximum absolute atomic E-state index is 4.24. The minimum Gasteiger partial charge on any atom is -0.315 e. The lowest BCUT2D eigenvalue weighted by Crippen LogP contribution is -2.40. The van der Waals surface area contributed by atoms with Crippen LogP contribution in [0.25, 0.3) is 10.9 Å². The predicted octanol–water partition coefficient (Wildman–Crippen LogP) is 1.32. The molecule has 1 fully saturated rings. The third-order valence-electron chi connectivity index (χ3n) is 2.71. The smallest absolute Gasteiger partial charge is 0.0929 e. The molecule has 2 heterocycles. The van der Waals surface area contributed by atoms with Gasteiger partial charge in [-0.3, -0.25) is 0 Å². The summed E-state index contributed by atoms with van der Waals surface area (Å²) in [6, 6.07) is 10.2. The van der Waals surface area contributed by atoms with E-state index in [0.717, 1.165) is 24.3 Å². The van der Waals surface area contributed by atoms with E-state index in [1.807, 2.05) is 18.2 Å². The van der Waals surface area contributed by atoms with Gasteiger partial charge in [0.15, 0.2) is 0 Å². The molecule has 0 saturated carbocycles. The average molecular weight is 185 g/mol. The molecule has 3 nitrogen and oxygen atoms in total. The lowest BCUT2D eigenvalue weighted by molar-refractivity contribution is 0.437. The van der Waals surface area contributed by atoms with E-state index < -0.39 is 0 Å². The largest absolute Gasteiger partial charge is 0.315 e. The molecule has 0 amide bonds. The summed E-state index contributed by atoms with van der Waals surface area (Å²) in [6.07, 6.45) is 0. The predicted molar refractivity (Wildman–Crippen MR) is 55.1 cm³/mol. The Morgan fingerprint density at radius 3 is 2.79 bits per heavy atom. The first-order valence-corrected chi connectivity index (χ1v) is 4.86. The Kier molecular flexibility index (Phi) is 1.70. The van der Waals surface area contributed by atoms with Crippen LogP contribution in [-0.2, 0) is 0 Å². The Hall–Kier alpha value is -1.48. The fourth-order valence-corrected chi connectivity index (χ4v) is 1.70. The SMILES string of the molecule is c1ccc2nnc(C3CNC3)cc2c1. The first kappa shape index (κ1) is 7.88. The van der Waals surface area contributed by atoms with Crippen LogP contribution in [0.5, 0.6) is 0 Å². The van der Waals surface area contributed by atoms with E-state index in [0.29, 0.717) is 5.92 Å². The number of fused-ring (bicyclic) bond motifs is 1. The van der Waals surface area contributed by atoms with E-state index >= 15 is 0 Å². The van der Waals surface area contributed by atoms with Crippen molar-refractivity contribution in [2.75, 3.05) is 13.1 Å². The third kappa shape index (κ3) is 1.17. The zero-order chi connectivity index (χ0) is 9.38. The van der Waals surface area contributed by atoms with E-state index in [4.69, 9.17) is 0 Å². The molecule has 0 radical (unpaired) electrons. The van der Waals surface area contributed by atoms with Crippen LogP contribution in [0.2, 0.25) is 0 Å². The number of rotatable bonds is 1. The van der Waals surface area contributed by atoms with E-state index in [1.54, 1.807) is 0 Å². The summed E-state index contributed by atoms with van der Waals surface area (Å²) in [5, 5.41) is 12.9. The highest BCUT2D eigenvalue weighted by molar-refractivity contribution is 5.78. The van der Waals surface area contributed by atoms with Crippen molar-refractivity contribution in [3.8, 4) is 0 Å². The molecule has 1 N–H and O–H groups in total. The zero-order valence-corrected chi connectivity index (χ0v) is 7.77. The van der Waals surface area contributed by atoms with Crippen LogP contribution in [0.1, 0.15) is 11.6 Å². The highest BCUT2D eigenvalue weighted by atomic mass is 15.1. The van der Waals surface area contributed by atoms with Gasteiger partial charge in [0.05, 0.1) is 11.2 Å². The van der Waals surface area contributed by atoms with E-state index in [-0.39, 0.29) is 0 Å². The molecule has 0 aliphatic carbocycles. The first-order valence-electron chi connectivity index (χ1n) is 4.86. The Balaban J connectivity index is 2.10. The van der Waals surface area contributed by atoms with Crippen LogP contribution >= 0.6 is 0 Å². The number of benzene rings is 1. The molecule has 1 aliphatic heterocycles. The van der Waals surface area contributed by atoms with Crippen molar-refractivity contribution in [3.05, 3.63) is 36.0 Å². The Labute approximate surface area is 82.2 Å². The van der Waals surface area contributed by atoms with Crippen LogP contribution in [0.15, 0.2) is 30.3 Å². The molecule has 1 saturated heterocycles. The molecule has 1 aliphatic rings. The van der Waals surface area contributed by atoms with Gasteiger partial charge in [0.1, 0.15) is 0 Å². The molecular formula is C11H11N3. The molecule has 0 spiro atoms. The maximum Gasteiger partial charge on any atom is 0.0929 e. The van der Waals surface area contributed by atoms with Gasteiger partial charge < -0.3 is 5.32 Å². The number of hydrogen-bond donors (Lipinski definition) is 1. The number of aromatic nitrogens is 2. The van der Waals surface area contributed by atoms with Gasteiger partial charge in [-0.25, -0.2) is 0 Å². The summed E-state index contributed by atoms with van der Waals surface area (Å²) in [7, 11) is 0. The second-order valence-electron chi connectivity index (χ2n) is 3.68. The fourth-order valence-electron chi connectivity index (χ4n) is 1.70. The van der Waals surface area contributed by atoms with Crippen molar-refractivity contribution in [1.82, 2.24) is 15.5 Å². The molecule has 0 atom stereocenters. The summed E-state index contributed by atoms with van der Waals surface area (Å²) in [4.78, 5) is 0. The van der Waals surface area contributed by atoms with Gasteiger partial charge in [0.25, 0.3) is 0 Å². The molecule has 3 rings (SSSR count). The molecular weight excluding hydrogens is 174 g/mol. The minimum absolute atomic E-state index is 0.562. The van der Waals surface area contributed by atoms with Crippen molar-refractivity contribution in [3.63, 3.8) is 0 Å². The number of nitrogens with one attached hydrogen (secondary N) is 1. The molecule has 3 heteroatoms. The Morgan fingerprint density at radius 2 is 2.00 bits per heavy atom.